The van der Waals surface area contributed by atoms with Crippen LogP contribution in [-0.4, -0.2) is 11.0 Å². The number of carbonyl (C=O) groups excluding carboxylic acids is 1. The molecule has 0 amide bonds. The molecule has 0 unspecified atom stereocenters. The Balaban J connectivity index is 1.72. The van der Waals surface area contributed by atoms with Gasteiger partial charge < -0.3 is 14.6 Å². The maximum absolute atomic E-state index is 11.4. The zero-order valence-electron chi connectivity index (χ0n) is 17.6. The number of hydrogen-bond donors (Lipinski definition) is 0. The maximum Gasteiger partial charge on any atom is 0.127 e. The van der Waals surface area contributed by atoms with Crippen molar-refractivity contribution in [3.63, 3.8) is 0 Å². The molecule has 1 aliphatic carbocycles. The van der Waals surface area contributed by atoms with E-state index in [2.05, 4.69) is 49.2 Å². The topological polar surface area (TPSA) is 62.2 Å². The van der Waals surface area contributed by atoms with E-state index >= 15 is 0 Å². The summed E-state index contributed by atoms with van der Waals surface area (Å²) in [7, 11) is 0. The maximum atomic E-state index is 11.4. The predicted octanol–water partition coefficient (Wildman–Crippen LogP) is 5.39. The summed E-state index contributed by atoms with van der Waals surface area (Å²) in [6.07, 6.45) is 2.67. The zero-order valence-corrected chi connectivity index (χ0v) is 18.3. The van der Waals surface area contributed by atoms with Crippen LogP contribution in [0.2, 0.25) is 5.02 Å². The summed E-state index contributed by atoms with van der Waals surface area (Å²) in [5.74, 6) is -0.556. The molecule has 31 heavy (non-hydrogen) atoms. The lowest BCUT2D eigenvalue weighted by Crippen LogP contribution is -2.24. The summed E-state index contributed by atoms with van der Waals surface area (Å²) >= 11 is 5.99. The van der Waals surface area contributed by atoms with Gasteiger partial charge in [0.15, 0.2) is 0 Å². The van der Waals surface area contributed by atoms with Gasteiger partial charge in [0.05, 0.1) is 16.7 Å². The van der Waals surface area contributed by atoms with Gasteiger partial charge in [-0.25, -0.2) is 4.98 Å². The van der Waals surface area contributed by atoms with Gasteiger partial charge in [-0.05, 0) is 74.1 Å². The monoisotopic (exact) mass is 432 g/mol. The number of allylic oxidation sites excluding steroid dienone is 2. The van der Waals surface area contributed by atoms with E-state index in [9.17, 15) is 9.90 Å². The van der Waals surface area contributed by atoms with Crippen LogP contribution in [0.25, 0.3) is 11.1 Å². The minimum Gasteiger partial charge on any atom is -0.543 e. The van der Waals surface area contributed by atoms with Crippen molar-refractivity contribution in [1.82, 2.24) is 4.98 Å². The first-order valence-corrected chi connectivity index (χ1v) is 10.7. The molecule has 0 aliphatic heterocycles. The van der Waals surface area contributed by atoms with E-state index in [0.29, 0.717) is 12.3 Å². The molecule has 2 aromatic carbocycles. The number of benzene rings is 2. The molecule has 1 heterocycles. The Hall–Kier alpha value is -3.11. The van der Waals surface area contributed by atoms with Crippen molar-refractivity contribution in [1.29, 1.82) is 0 Å². The van der Waals surface area contributed by atoms with Crippen molar-refractivity contribution >= 4 is 28.7 Å². The van der Waals surface area contributed by atoms with Crippen molar-refractivity contribution in [3.8, 4) is 5.75 Å². The summed E-state index contributed by atoms with van der Waals surface area (Å²) in [5, 5.41) is 11.5. The molecule has 0 bridgehead atoms. The van der Waals surface area contributed by atoms with Crippen LogP contribution in [0.4, 0.5) is 0 Å². The highest BCUT2D eigenvalue weighted by Crippen LogP contribution is 2.43. The number of aryl methyl sites for hydroxylation is 2. The quantitative estimate of drug-likeness (QED) is 0.524. The predicted molar refractivity (Wildman–Crippen MR) is 121 cm³/mol. The van der Waals surface area contributed by atoms with E-state index in [1.807, 2.05) is 12.1 Å². The van der Waals surface area contributed by atoms with Crippen LogP contribution < -0.4 is 9.84 Å². The Morgan fingerprint density at radius 3 is 2.45 bits per heavy atom. The number of pyridine rings is 1. The second kappa shape index (κ2) is 8.94. The number of nitrogens with zero attached hydrogens (tertiary/aromatic N) is 1. The number of hydrogen-bond acceptors (Lipinski definition) is 4. The van der Waals surface area contributed by atoms with Crippen LogP contribution in [0, 0.1) is 13.8 Å². The zero-order chi connectivity index (χ0) is 22.0. The minimum atomic E-state index is -1.37. The molecule has 3 aromatic rings. The van der Waals surface area contributed by atoms with Gasteiger partial charge >= 0.3 is 0 Å². The van der Waals surface area contributed by atoms with Crippen LogP contribution in [0.3, 0.4) is 0 Å². The summed E-state index contributed by atoms with van der Waals surface area (Å²) in [5.41, 5.74) is 7.07. The smallest absolute Gasteiger partial charge is 0.127 e. The molecule has 1 aliphatic rings. The third-order valence-corrected chi connectivity index (χ3v) is 5.85. The van der Waals surface area contributed by atoms with Crippen LogP contribution >= 0.6 is 11.6 Å². The van der Waals surface area contributed by atoms with Crippen LogP contribution in [0.15, 0.2) is 54.6 Å². The molecular formula is C26H23ClNO3-. The summed E-state index contributed by atoms with van der Waals surface area (Å²) < 4.78 is 6.22. The molecule has 0 saturated heterocycles. The van der Waals surface area contributed by atoms with Gasteiger partial charge in [-0.15, -0.1) is 0 Å². The number of carboxylic acid groups (broad SMARTS) is 1. The molecule has 0 radical (unpaired) electrons. The highest BCUT2D eigenvalue weighted by molar-refractivity contribution is 6.33. The molecule has 0 fully saturated rings. The average molecular weight is 433 g/mol. The first-order valence-electron chi connectivity index (χ1n) is 10.3. The summed E-state index contributed by atoms with van der Waals surface area (Å²) in [6, 6.07) is 17.8. The first kappa shape index (κ1) is 21.1. The first-order chi connectivity index (χ1) is 14.9. The van der Waals surface area contributed by atoms with E-state index in [0.717, 1.165) is 52.8 Å². The lowest BCUT2D eigenvalue weighted by atomic mass is 9.97. The standard InChI is InChI=1S/C26H24ClNO3/c1-16-6-9-18(10-7-16)15-31-24-13-8-17(2)14-21(24)19-4-3-5-20(19)23-12-11-22(27)25(28-23)26(29)30/h6-14H,3-5,15H2,1-2H3,(H,29,30)/p-1. The van der Waals surface area contributed by atoms with Crippen LogP contribution in [-0.2, 0) is 6.61 Å². The second-order valence-electron chi connectivity index (χ2n) is 7.90. The van der Waals surface area contributed by atoms with Crippen molar-refractivity contribution in [3.05, 3.63) is 93.3 Å². The molecule has 1 aromatic heterocycles. The van der Waals surface area contributed by atoms with E-state index in [1.54, 1.807) is 12.1 Å². The van der Waals surface area contributed by atoms with E-state index in [1.165, 1.54) is 5.56 Å². The molecule has 0 saturated carbocycles. The molecule has 0 N–H and O–H groups in total. The molecule has 5 heteroatoms. The van der Waals surface area contributed by atoms with Crippen molar-refractivity contribution < 1.29 is 14.6 Å². The average Bonchev–Trinajstić information content (AvgIpc) is 3.24. The molecule has 0 atom stereocenters. The molecule has 4 nitrogen and oxygen atoms in total. The fourth-order valence-corrected chi connectivity index (χ4v) is 4.11. The van der Waals surface area contributed by atoms with Gasteiger partial charge in [-0.3, -0.25) is 0 Å². The van der Waals surface area contributed by atoms with Gasteiger partial charge in [0.1, 0.15) is 18.1 Å². The highest BCUT2D eigenvalue weighted by atomic mass is 35.5. The molecule has 158 valence electrons. The Kier molecular flexibility index (Phi) is 6.10. The lowest BCUT2D eigenvalue weighted by molar-refractivity contribution is -0.255. The molecule has 4 rings (SSSR count). The second-order valence-corrected chi connectivity index (χ2v) is 8.31. The molecule has 0 spiro atoms. The van der Waals surface area contributed by atoms with Gasteiger partial charge in [0.2, 0.25) is 0 Å². The lowest BCUT2D eigenvalue weighted by Gasteiger charge is -2.16. The summed E-state index contributed by atoms with van der Waals surface area (Å²) in [4.78, 5) is 15.7. The van der Waals surface area contributed by atoms with Gasteiger partial charge in [0.25, 0.3) is 0 Å². The van der Waals surface area contributed by atoms with E-state index in [4.69, 9.17) is 16.3 Å². The number of aromatic nitrogens is 1. The Bertz CT molecular complexity index is 1170. The van der Waals surface area contributed by atoms with Crippen LogP contribution in [0.5, 0.6) is 5.75 Å². The SMILES string of the molecule is Cc1ccc(COc2ccc(C)cc2C2=C(c3ccc(Cl)c(C(=O)[O-])n3)CCC2)cc1. The van der Waals surface area contributed by atoms with Gasteiger partial charge in [-0.2, -0.15) is 0 Å². The third kappa shape index (κ3) is 4.64. The Morgan fingerprint density at radius 1 is 1.00 bits per heavy atom. The fraction of sp³-hybridized carbons (Fsp3) is 0.231. The number of halogens is 1. The van der Waals surface area contributed by atoms with Crippen molar-refractivity contribution in [2.24, 2.45) is 0 Å². The van der Waals surface area contributed by atoms with Crippen molar-refractivity contribution in [2.75, 3.05) is 0 Å². The van der Waals surface area contributed by atoms with Gasteiger partial charge in [0, 0.05) is 5.56 Å². The Labute approximate surface area is 187 Å². The largest absolute Gasteiger partial charge is 0.543 e. The van der Waals surface area contributed by atoms with E-state index in [-0.39, 0.29) is 10.7 Å². The fourth-order valence-electron chi connectivity index (χ4n) is 3.93. The minimum absolute atomic E-state index is 0.0848. The number of rotatable bonds is 6. The van der Waals surface area contributed by atoms with Crippen LogP contribution in [0.1, 0.15) is 57.7 Å². The highest BCUT2D eigenvalue weighted by Gasteiger charge is 2.22. The number of aromatic carboxylic acids is 1. The number of carbonyl (C=O) groups is 1. The normalized spacial score (nSPS) is 13.5. The molecular weight excluding hydrogens is 410 g/mol. The van der Waals surface area contributed by atoms with Gasteiger partial charge in [-0.1, -0.05) is 53.1 Å². The van der Waals surface area contributed by atoms with Crippen molar-refractivity contribution in [2.45, 2.75) is 39.7 Å². The number of ether oxygens (including phenoxy) is 1. The Morgan fingerprint density at radius 2 is 1.71 bits per heavy atom. The summed E-state index contributed by atoms with van der Waals surface area (Å²) in [6.45, 7) is 4.59. The van der Waals surface area contributed by atoms with E-state index < -0.39 is 5.97 Å². The third-order valence-electron chi connectivity index (χ3n) is 5.54. The number of carboxylic acids is 1.